The molecular weight excluding hydrogens is 268 g/mol. The highest BCUT2D eigenvalue weighted by atomic mass is 16.3. The van der Waals surface area contributed by atoms with E-state index >= 15 is 0 Å². The van der Waals surface area contributed by atoms with Crippen LogP contribution < -0.4 is 0 Å². The van der Waals surface area contributed by atoms with Crippen LogP contribution >= 0.6 is 0 Å². The lowest BCUT2D eigenvalue weighted by Gasteiger charge is -2.64. The predicted molar refractivity (Wildman–Crippen MR) is 91.4 cm³/mol. The summed E-state index contributed by atoms with van der Waals surface area (Å²) in [7, 11) is 0. The lowest BCUT2D eigenvalue weighted by atomic mass is 9.41. The van der Waals surface area contributed by atoms with Crippen molar-refractivity contribution < 1.29 is 5.11 Å². The number of allylic oxidation sites excluding steroid dienone is 1. The Hall–Kier alpha value is -0.300. The summed E-state index contributed by atoms with van der Waals surface area (Å²) in [6, 6.07) is 0. The maximum atomic E-state index is 9.80. The second-order valence-electron chi connectivity index (χ2n) is 9.76. The molecule has 0 aliphatic heterocycles. The number of rotatable bonds is 2. The Morgan fingerprint density at radius 1 is 1.05 bits per heavy atom. The van der Waals surface area contributed by atoms with Gasteiger partial charge in [0.2, 0.25) is 0 Å². The molecule has 1 nitrogen and oxygen atoms in total. The van der Waals surface area contributed by atoms with Gasteiger partial charge in [0.1, 0.15) is 0 Å². The highest BCUT2D eigenvalue weighted by Gasteiger charge is 2.63. The summed E-state index contributed by atoms with van der Waals surface area (Å²) < 4.78 is 0. The lowest BCUT2D eigenvalue weighted by molar-refractivity contribution is -0.137. The van der Waals surface area contributed by atoms with Crippen molar-refractivity contribution in [1.82, 2.24) is 0 Å². The molecule has 0 radical (unpaired) electrons. The zero-order valence-corrected chi connectivity index (χ0v) is 14.6. The van der Waals surface area contributed by atoms with Gasteiger partial charge in [-0.15, -0.1) is 6.58 Å². The minimum absolute atomic E-state index is 0.362. The summed E-state index contributed by atoms with van der Waals surface area (Å²) in [5, 5.41) is 9.80. The third-order valence-corrected chi connectivity index (χ3v) is 9.02. The van der Waals surface area contributed by atoms with Crippen LogP contribution in [0.25, 0.3) is 0 Å². The van der Waals surface area contributed by atoms with Crippen LogP contribution in [0, 0.1) is 39.9 Å². The Bertz CT molecular complexity index is 471. The standard InChI is InChI=1S/C21H34O/c1-4-19(2)9-5-10-20(3)17(19)8-11-21-12-15(6-7-18(20)21)16(13-21)14-22/h4,15-18,22H,1,5-14H2,2-3H3/t15?,16-,17?,18?,19+,20+,21?/m0/s1. The van der Waals surface area contributed by atoms with Crippen molar-refractivity contribution >= 4 is 0 Å². The maximum absolute atomic E-state index is 9.80. The molecule has 1 N–H and O–H groups in total. The first kappa shape index (κ1) is 15.2. The summed E-state index contributed by atoms with van der Waals surface area (Å²) in [5.41, 5.74) is 1.47. The molecule has 0 aromatic carbocycles. The van der Waals surface area contributed by atoms with Crippen molar-refractivity contribution in [3.05, 3.63) is 12.7 Å². The van der Waals surface area contributed by atoms with Crippen LogP contribution in [0.15, 0.2) is 12.7 Å². The summed E-state index contributed by atoms with van der Waals surface area (Å²) >= 11 is 0. The smallest absolute Gasteiger partial charge is 0.0462 e. The van der Waals surface area contributed by atoms with Gasteiger partial charge in [-0.25, -0.2) is 0 Å². The molecule has 0 aromatic rings. The first-order chi connectivity index (χ1) is 10.5. The van der Waals surface area contributed by atoms with Crippen LogP contribution in [0.1, 0.15) is 71.6 Å². The zero-order valence-electron chi connectivity index (χ0n) is 14.6. The number of aliphatic hydroxyl groups is 1. The summed E-state index contributed by atoms with van der Waals surface area (Å²) in [6.45, 7) is 9.77. The zero-order chi connectivity index (χ0) is 15.6. The SMILES string of the molecule is C=C[C@]1(C)CCC[C@@]2(C)C3CCC4CC3(CCC21)C[C@H]4CO. The van der Waals surface area contributed by atoms with E-state index in [-0.39, 0.29) is 0 Å². The van der Waals surface area contributed by atoms with E-state index in [4.69, 9.17) is 0 Å². The van der Waals surface area contributed by atoms with Gasteiger partial charge in [0.15, 0.2) is 0 Å². The summed E-state index contributed by atoms with van der Waals surface area (Å²) in [5.74, 6) is 3.19. The van der Waals surface area contributed by atoms with Crippen molar-refractivity contribution in [2.24, 2.45) is 39.9 Å². The normalized spacial score (nSPS) is 57.0. The van der Waals surface area contributed by atoms with Gasteiger partial charge in [0, 0.05) is 6.61 Å². The van der Waals surface area contributed by atoms with Gasteiger partial charge in [-0.3, -0.25) is 0 Å². The maximum Gasteiger partial charge on any atom is 0.0462 e. The van der Waals surface area contributed by atoms with Gasteiger partial charge in [-0.05, 0) is 91.3 Å². The Labute approximate surface area is 136 Å². The molecule has 4 aliphatic carbocycles. The molecule has 0 amide bonds. The van der Waals surface area contributed by atoms with Crippen LogP contribution in [0.3, 0.4) is 0 Å². The van der Waals surface area contributed by atoms with Gasteiger partial charge in [0.05, 0.1) is 0 Å². The van der Waals surface area contributed by atoms with Crippen LogP contribution in [-0.2, 0) is 0 Å². The van der Waals surface area contributed by atoms with Crippen LogP contribution in [-0.4, -0.2) is 11.7 Å². The molecule has 22 heavy (non-hydrogen) atoms. The van der Waals surface area contributed by atoms with Crippen LogP contribution in [0.4, 0.5) is 0 Å². The highest BCUT2D eigenvalue weighted by Crippen LogP contribution is 2.72. The molecule has 0 heterocycles. The second-order valence-corrected chi connectivity index (χ2v) is 9.76. The minimum atomic E-state index is 0.362. The predicted octanol–water partition coefficient (Wildman–Crippen LogP) is 5.19. The Kier molecular flexibility index (Phi) is 3.36. The van der Waals surface area contributed by atoms with E-state index in [1.807, 2.05) is 0 Å². The highest BCUT2D eigenvalue weighted by molar-refractivity contribution is 5.15. The van der Waals surface area contributed by atoms with Crippen molar-refractivity contribution in [2.75, 3.05) is 6.61 Å². The summed E-state index contributed by atoms with van der Waals surface area (Å²) in [6.07, 6.45) is 14.8. The molecule has 4 rings (SSSR count). The van der Waals surface area contributed by atoms with E-state index in [0.717, 1.165) is 17.8 Å². The molecular formula is C21H34O. The molecule has 2 bridgehead atoms. The average Bonchev–Trinajstić information content (AvgIpc) is 2.77. The van der Waals surface area contributed by atoms with Gasteiger partial charge in [0.25, 0.3) is 0 Å². The number of fused-ring (bicyclic) bond motifs is 3. The molecule has 4 fully saturated rings. The first-order valence-corrected chi connectivity index (χ1v) is 9.72. The minimum Gasteiger partial charge on any atom is -0.396 e. The Morgan fingerprint density at radius 3 is 2.59 bits per heavy atom. The van der Waals surface area contributed by atoms with Crippen molar-refractivity contribution in [1.29, 1.82) is 0 Å². The first-order valence-electron chi connectivity index (χ1n) is 9.72. The largest absolute Gasteiger partial charge is 0.396 e. The molecule has 1 heteroatoms. The molecule has 4 saturated carbocycles. The monoisotopic (exact) mass is 302 g/mol. The number of hydrogen-bond donors (Lipinski definition) is 1. The van der Waals surface area contributed by atoms with E-state index in [9.17, 15) is 5.11 Å². The molecule has 0 saturated heterocycles. The van der Waals surface area contributed by atoms with E-state index in [1.165, 1.54) is 57.8 Å². The third-order valence-electron chi connectivity index (χ3n) is 9.02. The van der Waals surface area contributed by atoms with E-state index in [0.29, 0.717) is 28.8 Å². The van der Waals surface area contributed by atoms with Crippen LogP contribution in [0.5, 0.6) is 0 Å². The average molecular weight is 303 g/mol. The van der Waals surface area contributed by atoms with E-state index < -0.39 is 0 Å². The fourth-order valence-electron chi connectivity index (χ4n) is 8.10. The third kappa shape index (κ3) is 1.81. The molecule has 0 aromatic heterocycles. The number of aliphatic hydroxyl groups excluding tert-OH is 1. The second kappa shape index (κ2) is 4.85. The van der Waals surface area contributed by atoms with E-state index in [2.05, 4.69) is 26.5 Å². The topological polar surface area (TPSA) is 20.2 Å². The van der Waals surface area contributed by atoms with Gasteiger partial charge in [-0.1, -0.05) is 26.3 Å². The molecule has 4 aliphatic rings. The lowest BCUT2D eigenvalue weighted by Crippen LogP contribution is -2.56. The molecule has 7 atom stereocenters. The van der Waals surface area contributed by atoms with Gasteiger partial charge >= 0.3 is 0 Å². The van der Waals surface area contributed by atoms with Crippen molar-refractivity contribution in [2.45, 2.75) is 71.6 Å². The van der Waals surface area contributed by atoms with Gasteiger partial charge < -0.3 is 5.11 Å². The summed E-state index contributed by atoms with van der Waals surface area (Å²) in [4.78, 5) is 0. The van der Waals surface area contributed by atoms with Gasteiger partial charge in [-0.2, -0.15) is 0 Å². The molecule has 124 valence electrons. The fraction of sp³-hybridized carbons (Fsp3) is 0.905. The quantitative estimate of drug-likeness (QED) is 0.696. The molecule has 4 unspecified atom stereocenters. The molecule has 1 spiro atoms. The fourth-order valence-corrected chi connectivity index (χ4v) is 8.10. The Morgan fingerprint density at radius 2 is 1.86 bits per heavy atom. The van der Waals surface area contributed by atoms with Crippen LogP contribution in [0.2, 0.25) is 0 Å². The van der Waals surface area contributed by atoms with E-state index in [1.54, 1.807) is 0 Å². The Balaban J connectivity index is 1.70. The van der Waals surface area contributed by atoms with Crippen molar-refractivity contribution in [3.63, 3.8) is 0 Å². The van der Waals surface area contributed by atoms with Crippen molar-refractivity contribution in [3.8, 4) is 0 Å². The number of hydrogen-bond acceptors (Lipinski definition) is 1.